The molecule has 0 saturated carbocycles. The van der Waals surface area contributed by atoms with E-state index in [1.807, 2.05) is 18.2 Å². The Kier molecular flexibility index (Phi) is 5.30. The van der Waals surface area contributed by atoms with Crippen molar-refractivity contribution < 1.29 is 19.8 Å². The summed E-state index contributed by atoms with van der Waals surface area (Å²) < 4.78 is 0. The van der Waals surface area contributed by atoms with Gasteiger partial charge in [-0.15, -0.1) is 0 Å². The minimum Gasteiger partial charge on any atom is -0.481 e. The van der Waals surface area contributed by atoms with Crippen molar-refractivity contribution in [2.75, 3.05) is 18.5 Å². The summed E-state index contributed by atoms with van der Waals surface area (Å²) in [6, 6.07) is 5.54. The van der Waals surface area contributed by atoms with E-state index in [0.717, 1.165) is 16.8 Å². The number of nitrogens with one attached hydrogen (secondary N) is 2. The minimum absolute atomic E-state index is 0.00898. The van der Waals surface area contributed by atoms with Gasteiger partial charge in [-0.25, -0.2) is 0 Å². The Hall–Kier alpha value is -1.92. The number of carbonyl (C=O) groups is 2. The molecule has 1 unspecified atom stereocenters. The highest BCUT2D eigenvalue weighted by molar-refractivity contribution is 5.99. The highest BCUT2D eigenvalue weighted by Gasteiger charge is 2.19. The number of carboxylic acids is 1. The second kappa shape index (κ2) is 7.19. The third kappa shape index (κ3) is 4.54. The van der Waals surface area contributed by atoms with Crippen molar-refractivity contribution in [3.63, 3.8) is 0 Å². The predicted molar refractivity (Wildman–Crippen MR) is 78.2 cm³/mol. The molecule has 0 fully saturated rings. The van der Waals surface area contributed by atoms with Crippen LogP contribution in [0.15, 0.2) is 18.2 Å². The smallest absolute Gasteiger partial charge is 0.304 e. The van der Waals surface area contributed by atoms with Gasteiger partial charge in [0.25, 0.3) is 0 Å². The summed E-state index contributed by atoms with van der Waals surface area (Å²) in [6.45, 7) is 0.666. The van der Waals surface area contributed by atoms with E-state index < -0.39 is 5.97 Å². The minimum atomic E-state index is -0.852. The third-order valence-electron chi connectivity index (χ3n) is 3.47. The number of fused-ring (bicyclic) bond motifs is 1. The first-order valence-corrected chi connectivity index (χ1v) is 7.06. The maximum absolute atomic E-state index is 11.3. The number of aliphatic carboxylic acids is 1. The van der Waals surface area contributed by atoms with Crippen LogP contribution in [-0.2, 0) is 22.4 Å². The zero-order valence-corrected chi connectivity index (χ0v) is 11.8. The lowest BCUT2D eigenvalue weighted by Crippen LogP contribution is -2.34. The van der Waals surface area contributed by atoms with Crippen LogP contribution >= 0.6 is 0 Å². The van der Waals surface area contributed by atoms with Crippen LogP contribution in [0.5, 0.6) is 0 Å². The van der Waals surface area contributed by atoms with E-state index in [1.165, 1.54) is 0 Å². The van der Waals surface area contributed by atoms with E-state index in [0.29, 0.717) is 25.8 Å². The number of carbonyl (C=O) groups excluding carboxylic acids is 1. The first-order chi connectivity index (χ1) is 10.1. The van der Waals surface area contributed by atoms with Gasteiger partial charge in [-0.3, -0.25) is 9.59 Å². The average Bonchev–Trinajstić information content (AvgIpc) is 2.77. The quantitative estimate of drug-likeness (QED) is 0.524. The molecule has 1 amide bonds. The lowest BCUT2D eigenvalue weighted by molar-refractivity contribution is -0.137. The van der Waals surface area contributed by atoms with Gasteiger partial charge < -0.3 is 20.8 Å². The number of amides is 1. The molecule has 1 aliphatic rings. The van der Waals surface area contributed by atoms with Crippen molar-refractivity contribution in [2.45, 2.75) is 31.7 Å². The summed E-state index contributed by atoms with van der Waals surface area (Å²) in [5.74, 6) is -0.861. The Balaban J connectivity index is 2.00. The van der Waals surface area contributed by atoms with Crippen molar-refractivity contribution in [1.82, 2.24) is 5.32 Å². The summed E-state index contributed by atoms with van der Waals surface area (Å²) in [5, 5.41) is 23.7. The number of hydrogen-bond donors (Lipinski definition) is 4. The molecule has 6 nitrogen and oxygen atoms in total. The molecule has 1 aliphatic heterocycles. The van der Waals surface area contributed by atoms with Crippen LogP contribution in [0.3, 0.4) is 0 Å². The Morgan fingerprint density at radius 2 is 2.24 bits per heavy atom. The second-order valence-electron chi connectivity index (χ2n) is 5.25. The van der Waals surface area contributed by atoms with Crippen molar-refractivity contribution in [1.29, 1.82) is 0 Å². The van der Waals surface area contributed by atoms with Gasteiger partial charge in [-0.05, 0) is 36.6 Å². The molecule has 6 heteroatoms. The second-order valence-corrected chi connectivity index (χ2v) is 5.25. The molecule has 2 rings (SSSR count). The van der Waals surface area contributed by atoms with Gasteiger partial charge in [-0.1, -0.05) is 12.1 Å². The number of hydrogen-bond acceptors (Lipinski definition) is 4. The molecular weight excluding hydrogens is 272 g/mol. The van der Waals surface area contributed by atoms with Crippen LogP contribution in [0.4, 0.5) is 5.69 Å². The van der Waals surface area contributed by atoms with Crippen LogP contribution in [0, 0.1) is 0 Å². The van der Waals surface area contributed by atoms with E-state index in [2.05, 4.69) is 10.6 Å². The zero-order chi connectivity index (χ0) is 15.2. The Morgan fingerprint density at radius 3 is 2.95 bits per heavy atom. The fourth-order valence-corrected chi connectivity index (χ4v) is 2.51. The summed E-state index contributed by atoms with van der Waals surface area (Å²) in [7, 11) is 0. The maximum atomic E-state index is 11.3. The average molecular weight is 292 g/mol. The summed E-state index contributed by atoms with van der Waals surface area (Å²) >= 11 is 0. The number of anilines is 1. The van der Waals surface area contributed by atoms with E-state index in [1.54, 1.807) is 0 Å². The molecule has 1 aromatic carbocycles. The Morgan fingerprint density at radius 1 is 1.43 bits per heavy atom. The third-order valence-corrected chi connectivity index (χ3v) is 3.47. The van der Waals surface area contributed by atoms with Gasteiger partial charge in [0.15, 0.2) is 0 Å². The van der Waals surface area contributed by atoms with Crippen LogP contribution in [-0.4, -0.2) is 41.3 Å². The fraction of sp³-hybridized carbons (Fsp3) is 0.467. The lowest BCUT2D eigenvalue weighted by Gasteiger charge is -2.17. The van der Waals surface area contributed by atoms with Crippen LogP contribution in [0.2, 0.25) is 0 Å². The number of aliphatic hydroxyl groups is 1. The normalized spacial score (nSPS) is 14.6. The number of benzene rings is 1. The SMILES string of the molecule is O=C(O)CC(Cc1ccc2c(c1)CC(=O)N2)NCCCO. The lowest BCUT2D eigenvalue weighted by atomic mass is 10.00. The monoisotopic (exact) mass is 292 g/mol. The van der Waals surface area contributed by atoms with Crippen LogP contribution in [0.1, 0.15) is 24.0 Å². The molecule has 114 valence electrons. The molecular formula is C15H20N2O4. The highest BCUT2D eigenvalue weighted by Crippen LogP contribution is 2.24. The molecule has 0 bridgehead atoms. The van der Waals surface area contributed by atoms with E-state index in [9.17, 15) is 9.59 Å². The van der Waals surface area contributed by atoms with Crippen molar-refractivity contribution in [3.8, 4) is 0 Å². The predicted octanol–water partition coefficient (Wildman–Crippen LogP) is 0.539. The molecule has 0 aromatic heterocycles. The van der Waals surface area contributed by atoms with E-state index in [4.69, 9.17) is 10.2 Å². The maximum Gasteiger partial charge on any atom is 0.304 e. The molecule has 0 saturated heterocycles. The largest absolute Gasteiger partial charge is 0.481 e. The molecule has 4 N–H and O–H groups in total. The molecule has 0 spiro atoms. The number of carboxylic acid groups (broad SMARTS) is 1. The highest BCUT2D eigenvalue weighted by atomic mass is 16.4. The van der Waals surface area contributed by atoms with E-state index >= 15 is 0 Å². The van der Waals surface area contributed by atoms with Gasteiger partial charge in [0.1, 0.15) is 0 Å². The van der Waals surface area contributed by atoms with Gasteiger partial charge in [0.05, 0.1) is 12.8 Å². The molecule has 0 aliphatic carbocycles. The summed E-state index contributed by atoms with van der Waals surface area (Å²) in [4.78, 5) is 22.2. The fourth-order valence-electron chi connectivity index (χ4n) is 2.51. The van der Waals surface area contributed by atoms with Gasteiger partial charge >= 0.3 is 5.97 Å². The van der Waals surface area contributed by atoms with Crippen LogP contribution in [0.25, 0.3) is 0 Å². The van der Waals surface area contributed by atoms with Crippen molar-refractivity contribution >= 4 is 17.6 Å². The first kappa shape index (κ1) is 15.5. The molecule has 0 radical (unpaired) electrons. The number of rotatable bonds is 8. The molecule has 21 heavy (non-hydrogen) atoms. The van der Waals surface area contributed by atoms with Gasteiger partial charge in [-0.2, -0.15) is 0 Å². The van der Waals surface area contributed by atoms with E-state index in [-0.39, 0.29) is 25.0 Å². The van der Waals surface area contributed by atoms with Crippen LogP contribution < -0.4 is 10.6 Å². The van der Waals surface area contributed by atoms with Crippen molar-refractivity contribution in [2.24, 2.45) is 0 Å². The standard InChI is InChI=1S/C15H20N2O4/c18-5-1-4-16-12(9-15(20)21)7-10-2-3-13-11(6-10)8-14(19)17-13/h2-3,6,12,16,18H,1,4-5,7-9H2,(H,17,19)(H,20,21). The first-order valence-electron chi connectivity index (χ1n) is 7.06. The molecule has 1 heterocycles. The Bertz CT molecular complexity index is 530. The molecule has 1 atom stereocenters. The summed E-state index contributed by atoms with van der Waals surface area (Å²) in [5.41, 5.74) is 2.81. The number of aliphatic hydroxyl groups excluding tert-OH is 1. The van der Waals surface area contributed by atoms with Gasteiger partial charge in [0, 0.05) is 18.3 Å². The topological polar surface area (TPSA) is 98.7 Å². The molecule has 1 aromatic rings. The Labute approximate surface area is 123 Å². The summed E-state index contributed by atoms with van der Waals surface area (Å²) in [6.07, 6.45) is 1.59. The zero-order valence-electron chi connectivity index (χ0n) is 11.8. The van der Waals surface area contributed by atoms with Crippen molar-refractivity contribution in [3.05, 3.63) is 29.3 Å². The van der Waals surface area contributed by atoms with Gasteiger partial charge in [0.2, 0.25) is 5.91 Å².